The van der Waals surface area contributed by atoms with Gasteiger partial charge in [-0.3, -0.25) is 4.72 Å². The van der Waals surface area contributed by atoms with Crippen LogP contribution < -0.4 is 4.72 Å². The van der Waals surface area contributed by atoms with Gasteiger partial charge in [0.2, 0.25) is 0 Å². The molecule has 3 aliphatic rings. The van der Waals surface area contributed by atoms with Crippen molar-refractivity contribution >= 4 is 44.2 Å². The van der Waals surface area contributed by atoms with Gasteiger partial charge in [0.25, 0.3) is 10.0 Å². The number of aryl methyl sites for hydroxylation is 1. The van der Waals surface area contributed by atoms with Gasteiger partial charge in [-0.05, 0) is 36.1 Å². The van der Waals surface area contributed by atoms with Crippen molar-refractivity contribution < 1.29 is 13.5 Å². The van der Waals surface area contributed by atoms with Crippen LogP contribution in [0.4, 0.5) is 5.69 Å². The zero-order valence-electron chi connectivity index (χ0n) is 12.1. The van der Waals surface area contributed by atoms with Crippen molar-refractivity contribution in [2.45, 2.75) is 29.8 Å². The average molecular weight is 374 g/mol. The highest BCUT2D eigenvalue weighted by molar-refractivity contribution is 8.14. The Balaban J connectivity index is 1.60. The Labute approximate surface area is 144 Å². The first-order valence-corrected chi connectivity index (χ1v) is 10.4. The summed E-state index contributed by atoms with van der Waals surface area (Å²) in [5, 5.41) is 9.76. The summed E-state index contributed by atoms with van der Waals surface area (Å²) in [5.41, 5.74) is 1.51. The number of nitrogens with one attached hydrogen (secondary N) is 1. The first-order chi connectivity index (χ1) is 11.0. The van der Waals surface area contributed by atoms with Gasteiger partial charge in [-0.1, -0.05) is 29.4 Å². The molecular formula is C14H16ClN3O3S2. The van der Waals surface area contributed by atoms with Gasteiger partial charge in [0, 0.05) is 18.0 Å². The minimum Gasteiger partial charge on any atom is -0.388 e. The van der Waals surface area contributed by atoms with Gasteiger partial charge >= 0.3 is 0 Å². The van der Waals surface area contributed by atoms with Crippen molar-refractivity contribution in [2.75, 3.05) is 17.0 Å². The van der Waals surface area contributed by atoms with Crippen LogP contribution in [0.25, 0.3) is 0 Å². The van der Waals surface area contributed by atoms with Gasteiger partial charge in [-0.25, -0.2) is 13.4 Å². The molecule has 1 aromatic rings. The van der Waals surface area contributed by atoms with Crippen LogP contribution in [0.3, 0.4) is 0 Å². The SMILES string of the molecule is O=S(=O)(Nc1ccc2c(c1)C(O)CC2)C1C(Cl)N=C2SCCN21. The number of aliphatic imine (C=N–C) groups is 1. The molecule has 9 heteroatoms. The fraction of sp³-hybridized carbons (Fsp3) is 0.500. The molecule has 2 N–H and O–H groups in total. The van der Waals surface area contributed by atoms with Crippen LogP contribution in [0.15, 0.2) is 23.2 Å². The lowest BCUT2D eigenvalue weighted by molar-refractivity contribution is 0.180. The van der Waals surface area contributed by atoms with Gasteiger partial charge in [-0.15, -0.1) is 0 Å². The first kappa shape index (κ1) is 15.6. The number of benzene rings is 1. The van der Waals surface area contributed by atoms with E-state index in [1.165, 1.54) is 11.8 Å². The van der Waals surface area contributed by atoms with Crippen molar-refractivity contribution in [2.24, 2.45) is 4.99 Å². The van der Waals surface area contributed by atoms with Crippen molar-refractivity contribution in [1.82, 2.24) is 4.90 Å². The predicted octanol–water partition coefficient (Wildman–Crippen LogP) is 1.72. The van der Waals surface area contributed by atoms with E-state index >= 15 is 0 Å². The van der Waals surface area contributed by atoms with E-state index in [0.717, 1.165) is 23.3 Å². The Morgan fingerprint density at radius 2 is 2.26 bits per heavy atom. The molecule has 0 spiro atoms. The Morgan fingerprint density at radius 1 is 1.43 bits per heavy atom. The van der Waals surface area contributed by atoms with E-state index in [2.05, 4.69) is 9.71 Å². The topological polar surface area (TPSA) is 82.0 Å². The number of sulfonamides is 1. The highest BCUT2D eigenvalue weighted by atomic mass is 35.5. The van der Waals surface area contributed by atoms with E-state index in [9.17, 15) is 13.5 Å². The molecule has 0 bridgehead atoms. The number of alkyl halides is 1. The molecule has 1 fully saturated rings. The molecule has 124 valence electrons. The summed E-state index contributed by atoms with van der Waals surface area (Å²) in [6.07, 6.45) is 0.977. The molecule has 4 rings (SSSR count). The molecule has 3 unspecified atom stereocenters. The van der Waals surface area contributed by atoms with Crippen LogP contribution in [0.1, 0.15) is 23.7 Å². The van der Waals surface area contributed by atoms with Crippen LogP contribution in [0.5, 0.6) is 0 Å². The number of hydrogen-bond acceptors (Lipinski definition) is 6. The number of thioether (sulfide) groups is 1. The average Bonchev–Trinajstić information content (AvgIpc) is 3.13. The molecule has 23 heavy (non-hydrogen) atoms. The molecule has 0 aromatic heterocycles. The summed E-state index contributed by atoms with van der Waals surface area (Å²) in [5.74, 6) is 0.819. The molecule has 0 radical (unpaired) electrons. The third kappa shape index (κ3) is 2.61. The molecule has 0 amide bonds. The van der Waals surface area contributed by atoms with Crippen LogP contribution in [0, 0.1) is 0 Å². The molecule has 1 aromatic carbocycles. The summed E-state index contributed by atoms with van der Waals surface area (Å²) < 4.78 is 28.1. The highest BCUT2D eigenvalue weighted by Gasteiger charge is 2.46. The number of rotatable bonds is 3. The van der Waals surface area contributed by atoms with E-state index in [-0.39, 0.29) is 0 Å². The van der Waals surface area contributed by atoms with Gasteiger partial charge in [0.15, 0.2) is 16.0 Å². The predicted molar refractivity (Wildman–Crippen MR) is 92.3 cm³/mol. The van der Waals surface area contributed by atoms with Crippen molar-refractivity contribution in [1.29, 1.82) is 0 Å². The standard InChI is InChI=1S/C14H16ClN3O3S2/c15-12-13(18-5-6-22-14(18)16-12)23(20,21)17-9-3-1-8-2-4-11(19)10(8)7-9/h1,3,7,11-13,17,19H,2,4-6H2. The third-order valence-corrected chi connectivity index (χ3v) is 7.49. The van der Waals surface area contributed by atoms with E-state index in [1.807, 2.05) is 6.07 Å². The van der Waals surface area contributed by atoms with E-state index in [4.69, 9.17) is 11.6 Å². The second-order valence-electron chi connectivity index (χ2n) is 5.83. The van der Waals surface area contributed by atoms with Crippen LogP contribution >= 0.6 is 23.4 Å². The monoisotopic (exact) mass is 373 g/mol. The third-order valence-electron chi connectivity index (χ3n) is 4.36. The molecule has 0 saturated carbocycles. The lowest BCUT2D eigenvalue weighted by Gasteiger charge is -2.24. The van der Waals surface area contributed by atoms with Gasteiger partial charge in [0.1, 0.15) is 0 Å². The molecule has 1 saturated heterocycles. The van der Waals surface area contributed by atoms with E-state index in [0.29, 0.717) is 23.8 Å². The van der Waals surface area contributed by atoms with Crippen molar-refractivity contribution in [3.63, 3.8) is 0 Å². The van der Waals surface area contributed by atoms with Crippen LogP contribution in [-0.2, 0) is 16.4 Å². The summed E-state index contributed by atoms with van der Waals surface area (Å²) in [4.78, 5) is 5.96. The quantitative estimate of drug-likeness (QED) is 0.622. The Bertz CT molecular complexity index is 783. The fourth-order valence-electron chi connectivity index (χ4n) is 3.26. The normalized spacial score (nSPS) is 29.4. The summed E-state index contributed by atoms with van der Waals surface area (Å²) in [7, 11) is -3.72. The molecular weight excluding hydrogens is 358 g/mol. The lowest BCUT2D eigenvalue weighted by atomic mass is 10.1. The Morgan fingerprint density at radius 3 is 3.09 bits per heavy atom. The minimum absolute atomic E-state index is 0.453. The number of anilines is 1. The maximum absolute atomic E-state index is 12.8. The molecule has 3 atom stereocenters. The number of fused-ring (bicyclic) bond motifs is 2. The maximum Gasteiger partial charge on any atom is 0.257 e. The molecule has 2 heterocycles. The second-order valence-corrected chi connectivity index (χ2v) is 9.12. The minimum atomic E-state index is -3.72. The number of hydrogen-bond donors (Lipinski definition) is 2. The summed E-state index contributed by atoms with van der Waals surface area (Å²) in [6.45, 7) is 0.626. The zero-order valence-corrected chi connectivity index (χ0v) is 14.5. The van der Waals surface area contributed by atoms with Crippen LogP contribution in [-0.4, -0.2) is 46.8 Å². The molecule has 2 aliphatic heterocycles. The van der Waals surface area contributed by atoms with E-state index in [1.54, 1.807) is 17.0 Å². The number of aliphatic hydroxyl groups is 1. The zero-order chi connectivity index (χ0) is 16.2. The van der Waals surface area contributed by atoms with Crippen molar-refractivity contribution in [3.8, 4) is 0 Å². The lowest BCUT2D eigenvalue weighted by Crippen LogP contribution is -2.44. The summed E-state index contributed by atoms with van der Waals surface area (Å²) in [6, 6.07) is 5.31. The number of halogens is 1. The Hall–Kier alpha value is -0.960. The smallest absolute Gasteiger partial charge is 0.257 e. The fourth-order valence-corrected chi connectivity index (χ4v) is 6.52. The number of aliphatic hydroxyl groups excluding tert-OH is 1. The maximum atomic E-state index is 12.8. The van der Waals surface area contributed by atoms with Gasteiger partial charge in [-0.2, -0.15) is 0 Å². The van der Waals surface area contributed by atoms with Gasteiger partial charge < -0.3 is 10.0 Å². The second kappa shape index (κ2) is 5.54. The number of nitrogens with zero attached hydrogens (tertiary/aromatic N) is 2. The molecule has 6 nitrogen and oxygen atoms in total. The van der Waals surface area contributed by atoms with E-state index < -0.39 is 27.0 Å². The summed E-state index contributed by atoms with van der Waals surface area (Å²) >= 11 is 7.67. The number of amidine groups is 1. The first-order valence-electron chi connectivity index (χ1n) is 7.39. The molecule has 1 aliphatic carbocycles. The highest BCUT2D eigenvalue weighted by Crippen LogP contribution is 2.36. The van der Waals surface area contributed by atoms with Gasteiger partial charge in [0.05, 0.1) is 6.10 Å². The van der Waals surface area contributed by atoms with Crippen LogP contribution in [0.2, 0.25) is 0 Å². The van der Waals surface area contributed by atoms with Crippen molar-refractivity contribution in [3.05, 3.63) is 29.3 Å². The Kier molecular flexibility index (Phi) is 3.75. The largest absolute Gasteiger partial charge is 0.388 e.